The molecule has 0 bridgehead atoms. The van der Waals surface area contributed by atoms with Crippen molar-refractivity contribution in [2.75, 3.05) is 0 Å². The number of carbonyl (C=O) groups excluding carboxylic acids is 2. The van der Waals surface area contributed by atoms with E-state index in [-0.39, 0.29) is 57.4 Å². The fourth-order valence-corrected chi connectivity index (χ4v) is 14.3. The summed E-state index contributed by atoms with van der Waals surface area (Å²) >= 11 is 6.28. The molecule has 8 nitrogen and oxygen atoms in total. The van der Waals surface area contributed by atoms with E-state index in [1.807, 2.05) is 35.9 Å². The minimum atomic E-state index is -1.18. The van der Waals surface area contributed by atoms with Gasteiger partial charge in [0.2, 0.25) is 0 Å². The number of benzene rings is 1. The molecule has 1 N–H and O–H groups in total. The van der Waals surface area contributed by atoms with Crippen molar-refractivity contribution in [3.63, 3.8) is 0 Å². The van der Waals surface area contributed by atoms with Gasteiger partial charge in [-0.2, -0.15) is 0 Å². The van der Waals surface area contributed by atoms with E-state index in [2.05, 4.69) is 60.1 Å². The molecule has 56 heavy (non-hydrogen) atoms. The van der Waals surface area contributed by atoms with Gasteiger partial charge in [-0.05, 0) is 154 Å². The lowest BCUT2D eigenvalue weighted by Gasteiger charge is -2.72. The van der Waals surface area contributed by atoms with Crippen LogP contribution in [0, 0.1) is 57.7 Å². The summed E-state index contributed by atoms with van der Waals surface area (Å²) in [4.78, 5) is 53.8. The first-order valence-electron chi connectivity index (χ1n) is 21.3. The number of hydrogen-bond donors (Lipinski definition) is 1. The zero-order chi connectivity index (χ0) is 41.1. The van der Waals surface area contributed by atoms with Crippen LogP contribution in [0.15, 0.2) is 40.2 Å². The van der Waals surface area contributed by atoms with Crippen LogP contribution in [0.4, 0.5) is 0 Å². The van der Waals surface area contributed by atoms with E-state index in [4.69, 9.17) is 16.3 Å². The highest BCUT2D eigenvalue weighted by atomic mass is 35.5. The normalized spacial score (nSPS) is 35.1. The number of fused-ring (bicyclic) bond motifs is 7. The average molecular weight is 789 g/mol. The second-order valence-electron chi connectivity index (χ2n) is 20.8. The van der Waals surface area contributed by atoms with E-state index in [9.17, 15) is 24.3 Å². The molecule has 0 saturated heterocycles. The molecule has 1 heterocycles. The number of aliphatic carboxylic acids is 1. The van der Waals surface area contributed by atoms with Gasteiger partial charge in [0.05, 0.1) is 23.2 Å². The monoisotopic (exact) mass is 788 g/mol. The van der Waals surface area contributed by atoms with Gasteiger partial charge in [-0.25, -0.2) is 4.68 Å². The molecule has 0 radical (unpaired) electrons. The lowest BCUT2D eigenvalue weighted by atomic mass is 9.33. The number of aromatic nitrogens is 2. The van der Waals surface area contributed by atoms with E-state index < -0.39 is 22.8 Å². The maximum absolute atomic E-state index is 14.5. The SMILES string of the molecule is CCn1c([C@@]23CC[C@]4(C)[C@H](CC[C@@H]5[C@@]6(C)CC[C@H](OC(=O)CC(C)(C)C(=O)O)C(C)(C)[C@@H]6CC[C@]54C)C2=C(C(C)C)C(=O)C3)c(C)c(=O)n1-c1ccc(Cl)cc1. The van der Waals surface area contributed by atoms with Crippen LogP contribution >= 0.6 is 11.6 Å². The predicted octanol–water partition coefficient (Wildman–Crippen LogP) is 10.3. The van der Waals surface area contributed by atoms with Crippen molar-refractivity contribution in [3.05, 3.63) is 62.0 Å². The van der Waals surface area contributed by atoms with Gasteiger partial charge < -0.3 is 9.84 Å². The third-order valence-electron chi connectivity index (χ3n) is 17.0. The van der Waals surface area contributed by atoms with Gasteiger partial charge >= 0.3 is 11.9 Å². The topological polar surface area (TPSA) is 108 Å². The predicted molar refractivity (Wildman–Crippen MR) is 220 cm³/mol. The van der Waals surface area contributed by atoms with Gasteiger partial charge in [0, 0.05) is 34.4 Å². The zero-order valence-electron chi connectivity index (χ0n) is 35.7. The fraction of sp³-hybridized carbons (Fsp3) is 0.702. The van der Waals surface area contributed by atoms with E-state index in [1.54, 1.807) is 13.8 Å². The summed E-state index contributed by atoms with van der Waals surface area (Å²) in [5.41, 5.74) is 2.88. The van der Waals surface area contributed by atoms with E-state index >= 15 is 0 Å². The van der Waals surface area contributed by atoms with Crippen molar-refractivity contribution in [1.82, 2.24) is 9.36 Å². The summed E-state index contributed by atoms with van der Waals surface area (Å²) in [5.74, 6) is -0.0500. The van der Waals surface area contributed by atoms with Crippen molar-refractivity contribution in [2.45, 2.75) is 158 Å². The Morgan fingerprint density at radius 2 is 1.59 bits per heavy atom. The second kappa shape index (κ2) is 13.5. The fourth-order valence-electron chi connectivity index (χ4n) is 14.1. The Hall–Kier alpha value is -3.13. The lowest BCUT2D eigenvalue weighted by Crippen LogP contribution is -2.66. The maximum Gasteiger partial charge on any atom is 0.309 e. The van der Waals surface area contributed by atoms with Crippen LogP contribution in [0.5, 0.6) is 0 Å². The van der Waals surface area contributed by atoms with Crippen LogP contribution < -0.4 is 5.56 Å². The summed E-state index contributed by atoms with van der Waals surface area (Å²) in [5, 5.41) is 10.3. The number of allylic oxidation sites excluding steroid dienone is 2. The van der Waals surface area contributed by atoms with Crippen LogP contribution in [0.1, 0.15) is 145 Å². The number of ketones is 1. The average Bonchev–Trinajstić information content (AvgIpc) is 3.56. The van der Waals surface area contributed by atoms with Gasteiger partial charge in [-0.1, -0.05) is 60.1 Å². The second-order valence-corrected chi connectivity index (χ2v) is 21.2. The molecule has 8 atom stereocenters. The third kappa shape index (κ3) is 5.63. The van der Waals surface area contributed by atoms with Crippen LogP contribution in [0.3, 0.4) is 0 Å². The van der Waals surface area contributed by atoms with Crippen LogP contribution in [-0.4, -0.2) is 38.3 Å². The molecule has 7 rings (SSSR count). The molecule has 0 amide bonds. The highest BCUT2D eigenvalue weighted by Gasteiger charge is 2.70. The minimum Gasteiger partial charge on any atom is -0.481 e. The number of carboxylic acid groups (broad SMARTS) is 1. The first-order valence-corrected chi connectivity index (χ1v) is 21.7. The Kier molecular flexibility index (Phi) is 9.86. The number of carboxylic acids is 1. The van der Waals surface area contributed by atoms with Crippen LogP contribution in [0.2, 0.25) is 5.02 Å². The van der Waals surface area contributed by atoms with Crippen molar-refractivity contribution in [3.8, 4) is 5.69 Å². The number of rotatable bonds is 8. The Labute approximate surface area is 338 Å². The molecule has 0 unspecified atom stereocenters. The molecule has 4 saturated carbocycles. The Morgan fingerprint density at radius 3 is 2.20 bits per heavy atom. The summed E-state index contributed by atoms with van der Waals surface area (Å²) < 4.78 is 10.2. The lowest BCUT2D eigenvalue weighted by molar-refractivity contribution is -0.232. The molecule has 0 spiro atoms. The molecule has 306 valence electrons. The number of Topliss-reactive ketones (excluding diaryl/α,β-unsaturated/α-hetero) is 1. The quantitative estimate of drug-likeness (QED) is 0.267. The minimum absolute atomic E-state index is 0.0217. The van der Waals surface area contributed by atoms with Crippen LogP contribution in [-0.2, 0) is 31.1 Å². The number of carbonyl (C=O) groups is 3. The molecule has 0 aliphatic heterocycles. The molecule has 5 aliphatic carbocycles. The molecule has 2 aromatic rings. The third-order valence-corrected chi connectivity index (χ3v) is 17.3. The molecular weight excluding hydrogens is 724 g/mol. The smallest absolute Gasteiger partial charge is 0.309 e. The molecule has 4 fully saturated rings. The van der Waals surface area contributed by atoms with E-state index in [0.29, 0.717) is 29.8 Å². The Morgan fingerprint density at radius 1 is 0.929 bits per heavy atom. The van der Waals surface area contributed by atoms with Gasteiger partial charge in [-0.15, -0.1) is 0 Å². The molecule has 5 aliphatic rings. The molecule has 1 aromatic carbocycles. The first-order chi connectivity index (χ1) is 26.0. The van der Waals surface area contributed by atoms with Crippen LogP contribution in [0.25, 0.3) is 5.69 Å². The number of hydrogen-bond acceptors (Lipinski definition) is 5. The summed E-state index contributed by atoms with van der Waals surface area (Å²) in [6.45, 7) is 24.4. The van der Waals surface area contributed by atoms with Gasteiger partial charge in [-0.3, -0.25) is 23.9 Å². The van der Waals surface area contributed by atoms with Gasteiger partial charge in [0.15, 0.2) is 5.78 Å². The number of halogens is 1. The zero-order valence-corrected chi connectivity index (χ0v) is 36.5. The van der Waals surface area contributed by atoms with E-state index in [0.717, 1.165) is 73.9 Å². The number of ether oxygens (including phenoxy) is 1. The van der Waals surface area contributed by atoms with Gasteiger partial charge in [0.25, 0.3) is 5.56 Å². The Balaban J connectivity index is 1.27. The van der Waals surface area contributed by atoms with Crippen molar-refractivity contribution in [2.24, 2.45) is 50.7 Å². The van der Waals surface area contributed by atoms with E-state index in [1.165, 1.54) is 5.57 Å². The largest absolute Gasteiger partial charge is 0.481 e. The summed E-state index contributed by atoms with van der Waals surface area (Å²) in [6.07, 6.45) is 7.76. The van der Waals surface area contributed by atoms with Crippen molar-refractivity contribution in [1.29, 1.82) is 0 Å². The highest BCUT2D eigenvalue weighted by Crippen LogP contribution is 2.77. The first kappa shape index (κ1) is 41.0. The molecule has 9 heteroatoms. The number of esters is 1. The molecular formula is C47H65ClN2O6. The summed E-state index contributed by atoms with van der Waals surface area (Å²) in [7, 11) is 0. The maximum atomic E-state index is 14.5. The standard InChI is InChI=1S/C47H65ClN2O6/c1-12-49-39(28(4)40(53)50(49)30-15-13-29(48)14-16-30)47-24-23-45(10)31(38(47)37(27(2)3)32(51)25-47)17-18-34-44(9)21-20-35(56-36(52)26-42(5,6)41(54)55)43(7,8)33(44)19-22-46(34,45)11/h13-16,27,31,33-35H,12,17-26H2,1-11H3,(H,54,55)/t31-,33+,34-,35+,44+,45-,46-,47-/m1/s1. The Bertz CT molecular complexity index is 2050. The summed E-state index contributed by atoms with van der Waals surface area (Å²) in [6, 6.07) is 7.47. The van der Waals surface area contributed by atoms with Crippen molar-refractivity contribution < 1.29 is 24.2 Å². The molecule has 1 aromatic heterocycles. The van der Waals surface area contributed by atoms with Gasteiger partial charge in [0.1, 0.15) is 6.10 Å². The van der Waals surface area contributed by atoms with Crippen molar-refractivity contribution >= 4 is 29.3 Å². The number of nitrogens with zero attached hydrogens (tertiary/aromatic N) is 2. The highest BCUT2D eigenvalue weighted by molar-refractivity contribution is 6.30.